The molecule has 1 heterocycles. The van der Waals surface area contributed by atoms with E-state index in [9.17, 15) is 0 Å². The normalized spacial score (nSPS) is 10.7. The van der Waals surface area contributed by atoms with Crippen LogP contribution in [0.1, 0.15) is 11.1 Å². The second-order valence-corrected chi connectivity index (χ2v) is 5.16. The minimum Gasteiger partial charge on any atom is -0.493 e. The Labute approximate surface area is 151 Å². The number of guanidine groups is 1. The predicted molar refractivity (Wildman–Crippen MR) is 101 cm³/mol. The fraction of sp³-hybridized carbons (Fsp3) is 0.267. The van der Waals surface area contributed by atoms with E-state index >= 15 is 0 Å². The van der Waals surface area contributed by atoms with Gasteiger partial charge in [0.25, 0.3) is 0 Å². The molecule has 2 rings (SSSR count). The summed E-state index contributed by atoms with van der Waals surface area (Å²) in [6, 6.07) is 7.78. The molecule has 1 aromatic carbocycles. The van der Waals surface area contributed by atoms with Crippen molar-refractivity contribution in [3.8, 4) is 11.5 Å². The summed E-state index contributed by atoms with van der Waals surface area (Å²) in [6.07, 6.45) is 0. The molecule has 0 aliphatic rings. The number of methoxy groups -OCH3 is 2. The van der Waals surface area contributed by atoms with Crippen LogP contribution in [0.2, 0.25) is 0 Å². The van der Waals surface area contributed by atoms with Gasteiger partial charge in [0.1, 0.15) is 0 Å². The van der Waals surface area contributed by atoms with Gasteiger partial charge in [-0.2, -0.15) is 11.3 Å². The number of nitrogens with one attached hydrogen (secondary N) is 1. The summed E-state index contributed by atoms with van der Waals surface area (Å²) < 4.78 is 10.5. The fourth-order valence-electron chi connectivity index (χ4n) is 1.80. The van der Waals surface area contributed by atoms with Crippen LogP contribution < -0.4 is 20.5 Å². The average molecular weight is 433 g/mol. The highest BCUT2D eigenvalue weighted by Crippen LogP contribution is 2.27. The van der Waals surface area contributed by atoms with Crippen LogP contribution in [-0.4, -0.2) is 20.2 Å². The zero-order valence-electron chi connectivity index (χ0n) is 12.5. The number of rotatable bonds is 6. The number of nitrogens with two attached hydrogens (primary N) is 1. The van der Waals surface area contributed by atoms with Crippen LogP contribution in [0.15, 0.2) is 40.0 Å². The van der Waals surface area contributed by atoms with E-state index in [-0.39, 0.29) is 24.0 Å². The van der Waals surface area contributed by atoms with Gasteiger partial charge in [-0.3, -0.25) is 0 Å². The van der Waals surface area contributed by atoms with Crippen LogP contribution in [0.4, 0.5) is 0 Å². The molecule has 0 radical (unpaired) electrons. The summed E-state index contributed by atoms with van der Waals surface area (Å²) >= 11 is 1.65. The number of ether oxygens (including phenoxy) is 2. The molecule has 0 aliphatic carbocycles. The molecule has 2 aromatic rings. The first-order chi connectivity index (χ1) is 10.2. The lowest BCUT2D eigenvalue weighted by atomic mass is 10.2. The Morgan fingerprint density at radius 2 is 1.95 bits per heavy atom. The van der Waals surface area contributed by atoms with Crippen LogP contribution >= 0.6 is 35.3 Å². The second kappa shape index (κ2) is 9.52. The Hall–Kier alpha value is -1.48. The van der Waals surface area contributed by atoms with Crippen molar-refractivity contribution in [3.63, 3.8) is 0 Å². The molecule has 0 bridgehead atoms. The number of hydrogen-bond donors (Lipinski definition) is 2. The van der Waals surface area contributed by atoms with E-state index in [1.807, 2.05) is 29.6 Å². The lowest BCUT2D eigenvalue weighted by Gasteiger charge is -2.10. The zero-order chi connectivity index (χ0) is 15.1. The fourth-order valence-corrected chi connectivity index (χ4v) is 2.46. The maximum absolute atomic E-state index is 5.85. The van der Waals surface area contributed by atoms with Crippen molar-refractivity contribution in [3.05, 3.63) is 46.2 Å². The van der Waals surface area contributed by atoms with Crippen LogP contribution in [0.5, 0.6) is 11.5 Å². The molecule has 0 aliphatic heterocycles. The number of hydrogen-bond acceptors (Lipinski definition) is 4. The molecule has 22 heavy (non-hydrogen) atoms. The molecule has 7 heteroatoms. The number of halogens is 1. The number of nitrogens with zero attached hydrogens (tertiary/aromatic N) is 1. The third-order valence-corrected chi connectivity index (χ3v) is 3.67. The van der Waals surface area contributed by atoms with Gasteiger partial charge in [-0.05, 0) is 40.1 Å². The van der Waals surface area contributed by atoms with E-state index in [1.54, 1.807) is 25.6 Å². The summed E-state index contributed by atoms with van der Waals surface area (Å²) in [4.78, 5) is 4.29. The van der Waals surface area contributed by atoms with Crippen molar-refractivity contribution >= 4 is 41.3 Å². The van der Waals surface area contributed by atoms with Gasteiger partial charge in [-0.1, -0.05) is 6.07 Å². The summed E-state index contributed by atoms with van der Waals surface area (Å²) in [6.45, 7) is 1.17. The Morgan fingerprint density at radius 1 is 1.18 bits per heavy atom. The van der Waals surface area contributed by atoms with Crippen molar-refractivity contribution in [2.45, 2.75) is 13.1 Å². The van der Waals surface area contributed by atoms with Gasteiger partial charge in [-0.15, -0.1) is 24.0 Å². The monoisotopic (exact) mass is 433 g/mol. The highest BCUT2D eigenvalue weighted by atomic mass is 127. The number of aliphatic imine (C=N–C) groups is 1. The average Bonchev–Trinajstić information content (AvgIpc) is 3.04. The van der Waals surface area contributed by atoms with Gasteiger partial charge in [-0.25, -0.2) is 4.99 Å². The SMILES string of the molecule is COc1ccc(CNC(N)=NCc2ccsc2)cc1OC.I. The van der Waals surface area contributed by atoms with Crippen molar-refractivity contribution < 1.29 is 9.47 Å². The summed E-state index contributed by atoms with van der Waals surface area (Å²) in [5, 5.41) is 7.17. The Kier molecular flexibility index (Phi) is 8.03. The molecule has 120 valence electrons. The molecule has 0 spiro atoms. The van der Waals surface area contributed by atoms with Crippen LogP contribution in [-0.2, 0) is 13.1 Å². The molecule has 3 N–H and O–H groups in total. The van der Waals surface area contributed by atoms with Gasteiger partial charge < -0.3 is 20.5 Å². The molecule has 0 saturated heterocycles. The lowest BCUT2D eigenvalue weighted by Crippen LogP contribution is -2.31. The first kappa shape index (κ1) is 18.6. The minimum absolute atomic E-state index is 0. The van der Waals surface area contributed by atoms with Crippen molar-refractivity contribution in [1.82, 2.24) is 5.32 Å². The second-order valence-electron chi connectivity index (χ2n) is 4.38. The van der Waals surface area contributed by atoms with Crippen LogP contribution in [0.25, 0.3) is 0 Å². The van der Waals surface area contributed by atoms with Crippen molar-refractivity contribution in [1.29, 1.82) is 0 Å². The van der Waals surface area contributed by atoms with E-state index in [0.717, 1.165) is 11.1 Å². The molecule has 0 amide bonds. The highest BCUT2D eigenvalue weighted by Gasteiger charge is 2.04. The highest BCUT2D eigenvalue weighted by molar-refractivity contribution is 14.0. The van der Waals surface area contributed by atoms with Crippen molar-refractivity contribution in [2.75, 3.05) is 14.2 Å². The maximum Gasteiger partial charge on any atom is 0.189 e. The Balaban J connectivity index is 0.00000242. The molecule has 0 unspecified atom stereocenters. The van der Waals surface area contributed by atoms with Crippen LogP contribution in [0.3, 0.4) is 0 Å². The first-order valence-corrected chi connectivity index (χ1v) is 7.43. The van der Waals surface area contributed by atoms with Gasteiger partial charge >= 0.3 is 0 Å². The Bertz CT molecular complexity index is 603. The number of benzene rings is 1. The van der Waals surface area contributed by atoms with Gasteiger partial charge in [0.15, 0.2) is 17.5 Å². The minimum atomic E-state index is 0. The molecule has 1 aromatic heterocycles. The Morgan fingerprint density at radius 3 is 2.59 bits per heavy atom. The maximum atomic E-state index is 5.85. The quantitative estimate of drug-likeness (QED) is 0.418. The molecule has 5 nitrogen and oxygen atoms in total. The van der Waals surface area contributed by atoms with Crippen molar-refractivity contribution in [2.24, 2.45) is 10.7 Å². The van der Waals surface area contributed by atoms with E-state index in [1.165, 1.54) is 0 Å². The standard InChI is InChI=1S/C15H19N3O2S.HI/c1-19-13-4-3-11(7-14(13)20-2)8-17-15(16)18-9-12-5-6-21-10-12;/h3-7,10H,8-9H2,1-2H3,(H3,16,17,18);1H. The van der Waals surface area contributed by atoms with Gasteiger partial charge in [0.05, 0.1) is 20.8 Å². The van der Waals surface area contributed by atoms with Crippen LogP contribution in [0, 0.1) is 0 Å². The number of thiophene rings is 1. The third-order valence-electron chi connectivity index (χ3n) is 2.93. The third kappa shape index (κ3) is 5.38. The van der Waals surface area contributed by atoms with E-state index in [4.69, 9.17) is 15.2 Å². The largest absolute Gasteiger partial charge is 0.493 e. The van der Waals surface area contributed by atoms with E-state index < -0.39 is 0 Å². The zero-order valence-corrected chi connectivity index (χ0v) is 15.7. The molecular weight excluding hydrogens is 413 g/mol. The van der Waals surface area contributed by atoms with Gasteiger partial charge in [0, 0.05) is 6.54 Å². The van der Waals surface area contributed by atoms with E-state index in [2.05, 4.69) is 15.7 Å². The van der Waals surface area contributed by atoms with E-state index in [0.29, 0.717) is 30.5 Å². The van der Waals surface area contributed by atoms with Gasteiger partial charge in [0.2, 0.25) is 0 Å². The molecular formula is C15H20IN3O2S. The molecule has 0 atom stereocenters. The lowest BCUT2D eigenvalue weighted by molar-refractivity contribution is 0.354. The predicted octanol–water partition coefficient (Wildman–Crippen LogP) is 2.99. The summed E-state index contributed by atoms with van der Waals surface area (Å²) in [5.41, 5.74) is 8.06. The molecule has 0 fully saturated rings. The molecule has 0 saturated carbocycles. The first-order valence-electron chi connectivity index (χ1n) is 6.48. The topological polar surface area (TPSA) is 68.9 Å². The summed E-state index contributed by atoms with van der Waals surface area (Å²) in [5.74, 6) is 1.84. The smallest absolute Gasteiger partial charge is 0.189 e. The summed E-state index contributed by atoms with van der Waals surface area (Å²) in [7, 11) is 3.23.